The molecule has 2 aliphatic carbocycles. The second-order valence-electron chi connectivity index (χ2n) is 3.42. The maximum atomic E-state index is 2.26. The van der Waals surface area contributed by atoms with E-state index in [9.17, 15) is 0 Å². The lowest BCUT2D eigenvalue weighted by Crippen LogP contribution is -1.64. The van der Waals surface area contributed by atoms with E-state index in [1.165, 1.54) is 24.0 Å². The van der Waals surface area contributed by atoms with Gasteiger partial charge in [0.2, 0.25) is 0 Å². The van der Waals surface area contributed by atoms with E-state index in [1.54, 1.807) is 0 Å². The van der Waals surface area contributed by atoms with Gasteiger partial charge in [0.25, 0.3) is 0 Å². The highest BCUT2D eigenvalue weighted by Gasteiger charge is 1.90. The van der Waals surface area contributed by atoms with Crippen molar-refractivity contribution in [2.24, 2.45) is 0 Å². The fourth-order valence-corrected chi connectivity index (χ4v) is 1.32. The topological polar surface area (TPSA) is 0 Å². The molecule has 0 radical (unpaired) electrons. The van der Waals surface area contributed by atoms with Gasteiger partial charge in [-0.05, 0) is 26.2 Å². The van der Waals surface area contributed by atoms with Crippen molar-refractivity contribution in [3.8, 4) is 0 Å². The smallest absolute Gasteiger partial charge is 0.0135 e. The van der Waals surface area contributed by atoms with Crippen LogP contribution in [0.1, 0.15) is 33.1 Å². The molecule has 0 bridgehead atoms. The molecule has 70 valence electrons. The standard InChI is InChI=1S/C7H10.C6H8/c1-2-7-5-3-4-6-7;1-6-4-2-3-5-6/h3,5-6H,2,4H2,1H3;2-4H,5H2,1H3. The predicted molar refractivity (Wildman–Crippen MR) is 59.6 cm³/mol. The summed E-state index contributed by atoms with van der Waals surface area (Å²) in [6.07, 6.45) is 16.6. The molecule has 13 heavy (non-hydrogen) atoms. The van der Waals surface area contributed by atoms with Crippen molar-refractivity contribution >= 4 is 0 Å². The maximum absolute atomic E-state index is 2.26. The van der Waals surface area contributed by atoms with Crippen LogP contribution in [0.4, 0.5) is 0 Å². The first-order chi connectivity index (χ1) is 6.33. The SMILES string of the molecule is CC1=CC=CC1.CCC1=CCC=C1. The Kier molecular flexibility index (Phi) is 4.31. The van der Waals surface area contributed by atoms with Gasteiger partial charge in [-0.1, -0.05) is 54.5 Å². The van der Waals surface area contributed by atoms with Crippen LogP contribution in [0.5, 0.6) is 0 Å². The zero-order chi connectivity index (χ0) is 9.52. The van der Waals surface area contributed by atoms with Gasteiger partial charge in [0, 0.05) is 0 Å². The van der Waals surface area contributed by atoms with Crippen molar-refractivity contribution in [3.05, 3.63) is 47.6 Å². The normalized spacial score (nSPS) is 18.0. The summed E-state index contributed by atoms with van der Waals surface area (Å²) >= 11 is 0. The Morgan fingerprint density at radius 2 is 2.15 bits per heavy atom. The second kappa shape index (κ2) is 5.58. The molecule has 0 aromatic carbocycles. The molecule has 0 heteroatoms. The quantitative estimate of drug-likeness (QED) is 0.559. The van der Waals surface area contributed by atoms with Crippen molar-refractivity contribution in [1.82, 2.24) is 0 Å². The molecule has 0 aliphatic heterocycles. The highest BCUT2D eigenvalue weighted by atomic mass is 14.0. The number of hydrogen-bond donors (Lipinski definition) is 0. The largest absolute Gasteiger partial charge is 0.0805 e. The van der Waals surface area contributed by atoms with Crippen molar-refractivity contribution in [3.63, 3.8) is 0 Å². The molecule has 0 spiro atoms. The second-order valence-corrected chi connectivity index (χ2v) is 3.42. The van der Waals surface area contributed by atoms with Gasteiger partial charge < -0.3 is 0 Å². The monoisotopic (exact) mass is 174 g/mol. The molecular weight excluding hydrogens is 156 g/mol. The van der Waals surface area contributed by atoms with Crippen LogP contribution in [0, 0.1) is 0 Å². The molecule has 0 N–H and O–H groups in total. The van der Waals surface area contributed by atoms with Crippen LogP contribution in [-0.4, -0.2) is 0 Å². The van der Waals surface area contributed by atoms with E-state index in [-0.39, 0.29) is 0 Å². The van der Waals surface area contributed by atoms with Crippen molar-refractivity contribution < 1.29 is 0 Å². The molecule has 0 heterocycles. The van der Waals surface area contributed by atoms with Gasteiger partial charge in [0.15, 0.2) is 0 Å². The number of allylic oxidation sites excluding steroid dienone is 8. The van der Waals surface area contributed by atoms with E-state index >= 15 is 0 Å². The summed E-state index contributed by atoms with van der Waals surface area (Å²) in [4.78, 5) is 0. The molecule has 0 nitrogen and oxygen atoms in total. The highest BCUT2D eigenvalue weighted by Crippen LogP contribution is 2.10. The van der Waals surface area contributed by atoms with E-state index in [0.29, 0.717) is 0 Å². The minimum atomic E-state index is 1.16. The van der Waals surface area contributed by atoms with Gasteiger partial charge >= 0.3 is 0 Å². The first kappa shape index (κ1) is 10.0. The van der Waals surface area contributed by atoms with Crippen LogP contribution in [0.15, 0.2) is 47.6 Å². The summed E-state index contributed by atoms with van der Waals surface area (Å²) in [7, 11) is 0. The van der Waals surface area contributed by atoms with Crippen LogP contribution >= 0.6 is 0 Å². The molecular formula is C13H18. The molecule has 0 saturated heterocycles. The third-order valence-electron chi connectivity index (χ3n) is 2.21. The summed E-state index contributed by atoms with van der Waals surface area (Å²) < 4.78 is 0. The Bertz CT molecular complexity index is 262. The summed E-state index contributed by atoms with van der Waals surface area (Å²) in [6.45, 7) is 4.32. The molecule has 0 atom stereocenters. The average Bonchev–Trinajstić information content (AvgIpc) is 2.76. The minimum absolute atomic E-state index is 1.16. The van der Waals surface area contributed by atoms with E-state index in [4.69, 9.17) is 0 Å². The first-order valence-corrected chi connectivity index (χ1v) is 5.00. The van der Waals surface area contributed by atoms with Crippen LogP contribution < -0.4 is 0 Å². The summed E-state index contributed by atoms with van der Waals surface area (Å²) in [5.41, 5.74) is 2.95. The summed E-state index contributed by atoms with van der Waals surface area (Å²) in [6, 6.07) is 0. The molecule has 0 aromatic heterocycles. The Labute approximate surface area is 81.4 Å². The van der Waals surface area contributed by atoms with Gasteiger partial charge in [-0.15, -0.1) is 0 Å². The molecule has 0 fully saturated rings. The number of rotatable bonds is 1. The van der Waals surface area contributed by atoms with Crippen LogP contribution in [0.3, 0.4) is 0 Å². The van der Waals surface area contributed by atoms with Gasteiger partial charge in [0.1, 0.15) is 0 Å². The fourth-order valence-electron chi connectivity index (χ4n) is 1.32. The molecule has 0 unspecified atom stereocenters. The zero-order valence-corrected chi connectivity index (χ0v) is 8.59. The maximum Gasteiger partial charge on any atom is -0.0135 e. The Morgan fingerprint density at radius 3 is 2.38 bits per heavy atom. The predicted octanol–water partition coefficient (Wildman–Crippen LogP) is 4.18. The van der Waals surface area contributed by atoms with E-state index in [0.717, 1.165) is 6.42 Å². The van der Waals surface area contributed by atoms with E-state index in [2.05, 4.69) is 50.3 Å². The van der Waals surface area contributed by atoms with Gasteiger partial charge in [0.05, 0.1) is 0 Å². The van der Waals surface area contributed by atoms with Crippen LogP contribution in [0.2, 0.25) is 0 Å². The zero-order valence-electron chi connectivity index (χ0n) is 8.59. The summed E-state index contributed by atoms with van der Waals surface area (Å²) in [5.74, 6) is 0. The number of hydrogen-bond acceptors (Lipinski definition) is 0. The first-order valence-electron chi connectivity index (χ1n) is 5.00. The van der Waals surface area contributed by atoms with Gasteiger partial charge in [-0.25, -0.2) is 0 Å². The fraction of sp³-hybridized carbons (Fsp3) is 0.385. The average molecular weight is 174 g/mol. The Balaban J connectivity index is 0.000000132. The molecule has 0 aromatic rings. The molecule has 0 saturated carbocycles. The van der Waals surface area contributed by atoms with Crippen LogP contribution in [0.25, 0.3) is 0 Å². The Morgan fingerprint density at radius 1 is 1.31 bits per heavy atom. The van der Waals surface area contributed by atoms with Crippen LogP contribution in [-0.2, 0) is 0 Å². The third-order valence-corrected chi connectivity index (χ3v) is 2.21. The molecule has 2 aliphatic rings. The van der Waals surface area contributed by atoms with Gasteiger partial charge in [-0.3, -0.25) is 0 Å². The van der Waals surface area contributed by atoms with Crippen molar-refractivity contribution in [1.29, 1.82) is 0 Å². The van der Waals surface area contributed by atoms with Crippen molar-refractivity contribution in [2.75, 3.05) is 0 Å². The lowest BCUT2D eigenvalue weighted by atomic mass is 10.2. The lowest BCUT2D eigenvalue weighted by Gasteiger charge is -1.84. The van der Waals surface area contributed by atoms with Crippen molar-refractivity contribution in [2.45, 2.75) is 33.1 Å². The Hall–Kier alpha value is -1.04. The van der Waals surface area contributed by atoms with E-state index < -0.39 is 0 Å². The minimum Gasteiger partial charge on any atom is -0.0805 e. The third kappa shape index (κ3) is 3.93. The summed E-state index contributed by atoms with van der Waals surface area (Å²) in [5, 5.41) is 0. The molecule has 0 amide bonds. The molecule has 2 rings (SSSR count). The highest BCUT2D eigenvalue weighted by molar-refractivity contribution is 5.25. The van der Waals surface area contributed by atoms with E-state index in [1.807, 2.05) is 0 Å². The lowest BCUT2D eigenvalue weighted by molar-refractivity contribution is 1.15. The van der Waals surface area contributed by atoms with Gasteiger partial charge in [-0.2, -0.15) is 0 Å².